The molecule has 0 spiro atoms. The van der Waals surface area contributed by atoms with E-state index >= 15 is 0 Å². The Hall–Kier alpha value is -3.09. The van der Waals surface area contributed by atoms with Gasteiger partial charge in [-0.05, 0) is 31.5 Å². The number of nitrogens with two attached hydrogens (primary N) is 1. The van der Waals surface area contributed by atoms with Crippen molar-refractivity contribution in [2.24, 2.45) is 10.7 Å². The number of hydrogen-bond donors (Lipinski definition) is 3. The highest BCUT2D eigenvalue weighted by molar-refractivity contribution is 5.91. The van der Waals surface area contributed by atoms with Gasteiger partial charge in [0.25, 0.3) is 5.97 Å². The lowest BCUT2D eigenvalue weighted by Crippen LogP contribution is -2.23. The molecule has 2 aromatic rings. The number of aryl methyl sites for hydroxylation is 1. The number of carbonyl (C=O) groups is 1. The predicted octanol–water partition coefficient (Wildman–Crippen LogP) is 2.81. The number of aliphatic imine (C=N–C) groups is 1. The van der Waals surface area contributed by atoms with Crippen molar-refractivity contribution < 1.29 is 14.6 Å². The minimum absolute atomic E-state index is 0.331. The molecule has 1 aromatic heterocycles. The van der Waals surface area contributed by atoms with Gasteiger partial charge in [0.15, 0.2) is 5.96 Å². The Morgan fingerprint density at radius 1 is 1.32 bits per heavy atom. The Morgan fingerprint density at radius 3 is 2.60 bits per heavy atom. The molecule has 0 fully saturated rings. The largest absolute Gasteiger partial charge is 0.494 e. The molecule has 25 heavy (non-hydrogen) atoms. The quantitative estimate of drug-likeness (QED) is 0.568. The molecule has 0 aliphatic heterocycles. The van der Waals surface area contributed by atoms with Crippen LogP contribution in [0.1, 0.15) is 25.0 Å². The third kappa shape index (κ3) is 8.36. The van der Waals surface area contributed by atoms with E-state index in [4.69, 9.17) is 20.4 Å². The standard InChI is InChI=1S/C16H20N4O.C2H4O2/c1-3-21-14-7-5-4-6-13(14)11-19-16(17)20-15-9-8-12(2)10-18-15;1-2(3)4/h4-10H,3,11H2,1-2H3,(H3,17,18,19,20);1H3,(H,3,4). The first kappa shape index (κ1) is 20.0. The van der Waals surface area contributed by atoms with Crippen molar-refractivity contribution in [3.8, 4) is 5.75 Å². The molecule has 2 rings (SSSR count). The molecule has 134 valence electrons. The van der Waals surface area contributed by atoms with Crippen LogP contribution in [0, 0.1) is 6.92 Å². The Bertz CT molecular complexity index is 696. The zero-order chi connectivity index (χ0) is 18.7. The number of nitrogens with zero attached hydrogens (tertiary/aromatic N) is 2. The lowest BCUT2D eigenvalue weighted by molar-refractivity contribution is -0.134. The average Bonchev–Trinajstić information content (AvgIpc) is 2.56. The highest BCUT2D eigenvalue weighted by atomic mass is 16.5. The summed E-state index contributed by atoms with van der Waals surface area (Å²) in [5.41, 5.74) is 7.97. The molecule has 0 saturated heterocycles. The van der Waals surface area contributed by atoms with Gasteiger partial charge in [0, 0.05) is 18.7 Å². The van der Waals surface area contributed by atoms with Crippen LogP contribution < -0.4 is 15.8 Å². The van der Waals surface area contributed by atoms with Gasteiger partial charge in [-0.15, -0.1) is 0 Å². The summed E-state index contributed by atoms with van der Waals surface area (Å²) in [7, 11) is 0. The van der Waals surface area contributed by atoms with Crippen molar-refractivity contribution in [3.63, 3.8) is 0 Å². The zero-order valence-electron chi connectivity index (χ0n) is 14.7. The van der Waals surface area contributed by atoms with Gasteiger partial charge in [-0.1, -0.05) is 24.3 Å². The number of nitrogens with one attached hydrogen (secondary N) is 1. The van der Waals surface area contributed by atoms with Crippen molar-refractivity contribution >= 4 is 17.7 Å². The van der Waals surface area contributed by atoms with Crippen LogP contribution in [0.15, 0.2) is 47.6 Å². The minimum Gasteiger partial charge on any atom is -0.494 e. The van der Waals surface area contributed by atoms with Gasteiger partial charge in [-0.25, -0.2) is 9.98 Å². The first-order chi connectivity index (χ1) is 11.9. The normalized spacial score (nSPS) is 10.4. The molecule has 1 aromatic carbocycles. The van der Waals surface area contributed by atoms with Crippen LogP contribution in [-0.4, -0.2) is 28.6 Å². The molecule has 7 heteroatoms. The van der Waals surface area contributed by atoms with Crippen molar-refractivity contribution in [1.82, 2.24) is 4.98 Å². The van der Waals surface area contributed by atoms with E-state index < -0.39 is 5.97 Å². The molecule has 0 radical (unpaired) electrons. The van der Waals surface area contributed by atoms with Gasteiger partial charge in [-0.3, -0.25) is 4.79 Å². The Morgan fingerprint density at radius 2 is 2.00 bits per heavy atom. The molecular formula is C18H24N4O3. The number of guanidine groups is 1. The summed E-state index contributed by atoms with van der Waals surface area (Å²) in [6, 6.07) is 11.6. The maximum atomic E-state index is 9.00. The summed E-state index contributed by atoms with van der Waals surface area (Å²) in [6.45, 7) is 6.11. The van der Waals surface area contributed by atoms with E-state index in [-0.39, 0.29) is 0 Å². The van der Waals surface area contributed by atoms with Gasteiger partial charge in [0.2, 0.25) is 0 Å². The molecule has 0 saturated carbocycles. The molecule has 4 N–H and O–H groups in total. The van der Waals surface area contributed by atoms with Crippen LogP contribution in [0.4, 0.5) is 5.82 Å². The van der Waals surface area contributed by atoms with Crippen LogP contribution in [-0.2, 0) is 11.3 Å². The Kier molecular flexibility index (Phi) is 8.49. The van der Waals surface area contributed by atoms with E-state index in [0.29, 0.717) is 24.9 Å². The third-order valence-corrected chi connectivity index (χ3v) is 2.86. The molecule has 0 aliphatic carbocycles. The monoisotopic (exact) mass is 344 g/mol. The summed E-state index contributed by atoms with van der Waals surface area (Å²) >= 11 is 0. The van der Waals surface area contributed by atoms with Crippen LogP contribution >= 0.6 is 0 Å². The topological polar surface area (TPSA) is 110 Å². The van der Waals surface area contributed by atoms with E-state index in [1.165, 1.54) is 0 Å². The molecule has 7 nitrogen and oxygen atoms in total. The first-order valence-electron chi connectivity index (χ1n) is 7.82. The number of benzene rings is 1. The van der Waals surface area contributed by atoms with E-state index in [1.54, 1.807) is 6.20 Å². The second kappa shape index (κ2) is 10.6. The highest BCUT2D eigenvalue weighted by Crippen LogP contribution is 2.18. The van der Waals surface area contributed by atoms with Crippen molar-refractivity contribution in [2.75, 3.05) is 11.9 Å². The maximum Gasteiger partial charge on any atom is 0.300 e. The summed E-state index contributed by atoms with van der Waals surface area (Å²) in [5.74, 6) is 1.02. The maximum absolute atomic E-state index is 9.00. The van der Waals surface area contributed by atoms with E-state index in [2.05, 4.69) is 15.3 Å². The smallest absolute Gasteiger partial charge is 0.300 e. The first-order valence-corrected chi connectivity index (χ1v) is 7.82. The van der Waals surface area contributed by atoms with Crippen LogP contribution in [0.3, 0.4) is 0 Å². The average molecular weight is 344 g/mol. The number of ether oxygens (including phenoxy) is 1. The Balaban J connectivity index is 0.000000705. The molecular weight excluding hydrogens is 320 g/mol. The van der Waals surface area contributed by atoms with E-state index in [9.17, 15) is 0 Å². The molecule has 0 aliphatic rings. The number of carboxylic acid groups (broad SMARTS) is 1. The van der Waals surface area contributed by atoms with E-state index in [1.807, 2.05) is 50.2 Å². The van der Waals surface area contributed by atoms with Gasteiger partial charge >= 0.3 is 0 Å². The van der Waals surface area contributed by atoms with Crippen molar-refractivity contribution in [1.29, 1.82) is 0 Å². The van der Waals surface area contributed by atoms with Crippen LogP contribution in [0.5, 0.6) is 5.75 Å². The lowest BCUT2D eigenvalue weighted by Gasteiger charge is -2.09. The fourth-order valence-electron chi connectivity index (χ4n) is 1.81. The minimum atomic E-state index is -0.833. The number of para-hydroxylation sites is 1. The second-order valence-electron chi connectivity index (χ2n) is 5.11. The van der Waals surface area contributed by atoms with Crippen LogP contribution in [0.25, 0.3) is 0 Å². The fraction of sp³-hybridized carbons (Fsp3) is 0.278. The fourth-order valence-corrected chi connectivity index (χ4v) is 1.81. The lowest BCUT2D eigenvalue weighted by atomic mass is 10.2. The molecule has 0 atom stereocenters. The summed E-state index contributed by atoms with van der Waals surface area (Å²) in [5, 5.41) is 10.4. The van der Waals surface area contributed by atoms with E-state index in [0.717, 1.165) is 23.8 Å². The number of aromatic nitrogens is 1. The van der Waals surface area contributed by atoms with Crippen molar-refractivity contribution in [3.05, 3.63) is 53.7 Å². The van der Waals surface area contributed by atoms with Crippen molar-refractivity contribution in [2.45, 2.75) is 27.3 Å². The summed E-state index contributed by atoms with van der Waals surface area (Å²) in [6.07, 6.45) is 1.78. The number of aliphatic carboxylic acids is 1. The zero-order valence-corrected chi connectivity index (χ0v) is 14.7. The van der Waals surface area contributed by atoms with Gasteiger partial charge in [0.1, 0.15) is 11.6 Å². The predicted molar refractivity (Wildman–Crippen MR) is 98.8 cm³/mol. The molecule has 0 bridgehead atoms. The number of pyridine rings is 1. The summed E-state index contributed by atoms with van der Waals surface area (Å²) in [4.78, 5) is 17.5. The third-order valence-electron chi connectivity index (χ3n) is 2.86. The molecule has 0 unspecified atom stereocenters. The highest BCUT2D eigenvalue weighted by Gasteiger charge is 2.02. The van der Waals surface area contributed by atoms with Gasteiger partial charge in [-0.2, -0.15) is 0 Å². The number of rotatable bonds is 5. The van der Waals surface area contributed by atoms with Gasteiger partial charge < -0.3 is 20.9 Å². The van der Waals surface area contributed by atoms with Crippen LogP contribution in [0.2, 0.25) is 0 Å². The number of hydrogen-bond acceptors (Lipinski definition) is 4. The number of carboxylic acids is 1. The number of anilines is 1. The Labute approximate surface area is 147 Å². The molecule has 0 amide bonds. The second-order valence-corrected chi connectivity index (χ2v) is 5.11. The summed E-state index contributed by atoms with van der Waals surface area (Å²) < 4.78 is 5.56. The molecule has 1 heterocycles. The van der Waals surface area contributed by atoms with Gasteiger partial charge in [0.05, 0.1) is 13.2 Å². The SMILES string of the molecule is CC(=O)O.CCOc1ccccc1CN=C(N)Nc1ccc(C)cn1.